The maximum absolute atomic E-state index is 11.7. The summed E-state index contributed by atoms with van der Waals surface area (Å²) in [5, 5.41) is 2.64. The van der Waals surface area contributed by atoms with E-state index in [0.29, 0.717) is 6.61 Å². The Morgan fingerprint density at radius 2 is 1.87 bits per heavy atom. The number of ether oxygens (including phenoxy) is 1. The Balaban J connectivity index is 4.24. The fraction of sp³-hybridized carbons (Fsp3) is 0.818. The zero-order chi connectivity index (χ0) is 12.1. The van der Waals surface area contributed by atoms with E-state index in [1.54, 1.807) is 13.8 Å². The number of hydrogen-bond donors (Lipinski definition) is 1. The maximum atomic E-state index is 11.7. The number of rotatable bonds is 5. The fourth-order valence-corrected chi connectivity index (χ4v) is 0.879. The van der Waals surface area contributed by atoms with Gasteiger partial charge in [0.05, 0.1) is 6.61 Å². The molecule has 0 heterocycles. The van der Waals surface area contributed by atoms with Crippen molar-refractivity contribution in [3.8, 4) is 0 Å². The van der Waals surface area contributed by atoms with Crippen LogP contribution in [0.2, 0.25) is 0 Å². The van der Waals surface area contributed by atoms with Crippen molar-refractivity contribution in [2.45, 2.75) is 47.1 Å². The molecule has 4 heteroatoms. The van der Waals surface area contributed by atoms with Crippen LogP contribution in [0.15, 0.2) is 0 Å². The first-order valence-electron chi connectivity index (χ1n) is 5.32. The Labute approximate surface area is 91.4 Å². The number of amides is 1. The highest BCUT2D eigenvalue weighted by molar-refractivity contribution is 5.87. The van der Waals surface area contributed by atoms with E-state index in [1.807, 2.05) is 20.8 Å². The molecule has 0 aliphatic rings. The molecular weight excluding hydrogens is 194 g/mol. The van der Waals surface area contributed by atoms with Gasteiger partial charge in [0.15, 0.2) is 0 Å². The Morgan fingerprint density at radius 1 is 1.33 bits per heavy atom. The Bertz CT molecular complexity index is 236. The topological polar surface area (TPSA) is 55.4 Å². The van der Waals surface area contributed by atoms with Crippen LogP contribution in [0.25, 0.3) is 0 Å². The second kappa shape index (κ2) is 5.73. The normalized spacial score (nSPS) is 13.1. The Hall–Kier alpha value is -1.06. The molecule has 0 aliphatic heterocycles. The largest absolute Gasteiger partial charge is 0.464 e. The van der Waals surface area contributed by atoms with Gasteiger partial charge in [-0.1, -0.05) is 20.8 Å². The highest BCUT2D eigenvalue weighted by Crippen LogP contribution is 2.19. The first-order chi connectivity index (χ1) is 6.85. The highest BCUT2D eigenvalue weighted by Gasteiger charge is 2.28. The molecule has 0 aromatic heterocycles. The molecule has 1 amide bonds. The van der Waals surface area contributed by atoms with Crippen LogP contribution in [-0.4, -0.2) is 24.5 Å². The standard InChI is InChI=1S/C11H21NO3/c1-6-11(4,5)10(14)12-8(3)9(13)15-7-2/h8H,6-7H2,1-5H3,(H,12,14). The van der Waals surface area contributed by atoms with Crippen molar-refractivity contribution in [3.05, 3.63) is 0 Å². The lowest BCUT2D eigenvalue weighted by Gasteiger charge is -2.23. The van der Waals surface area contributed by atoms with Crippen LogP contribution >= 0.6 is 0 Å². The van der Waals surface area contributed by atoms with E-state index in [9.17, 15) is 9.59 Å². The SMILES string of the molecule is CCOC(=O)C(C)NC(=O)C(C)(C)CC. The van der Waals surface area contributed by atoms with Gasteiger partial charge >= 0.3 is 5.97 Å². The van der Waals surface area contributed by atoms with Gasteiger partial charge in [-0.3, -0.25) is 4.79 Å². The molecule has 1 unspecified atom stereocenters. The third kappa shape index (κ3) is 4.32. The summed E-state index contributed by atoms with van der Waals surface area (Å²) in [6.45, 7) is 9.33. The van der Waals surface area contributed by atoms with Crippen LogP contribution in [0.5, 0.6) is 0 Å². The number of hydrogen-bond acceptors (Lipinski definition) is 3. The van der Waals surface area contributed by atoms with E-state index in [1.165, 1.54) is 0 Å². The van der Waals surface area contributed by atoms with Gasteiger partial charge in [0.2, 0.25) is 5.91 Å². The molecule has 4 nitrogen and oxygen atoms in total. The molecule has 0 saturated heterocycles. The van der Waals surface area contributed by atoms with Crippen LogP contribution < -0.4 is 5.32 Å². The predicted molar refractivity (Wildman–Crippen MR) is 58.3 cm³/mol. The minimum absolute atomic E-state index is 0.120. The maximum Gasteiger partial charge on any atom is 0.328 e. The van der Waals surface area contributed by atoms with Gasteiger partial charge < -0.3 is 10.1 Å². The summed E-state index contributed by atoms with van der Waals surface area (Å²) in [6, 6.07) is -0.580. The van der Waals surface area contributed by atoms with E-state index in [4.69, 9.17) is 4.74 Å². The summed E-state index contributed by atoms with van der Waals surface area (Å²) < 4.78 is 4.80. The van der Waals surface area contributed by atoms with Crippen molar-refractivity contribution >= 4 is 11.9 Å². The van der Waals surface area contributed by atoms with Gasteiger partial charge in [0.1, 0.15) is 6.04 Å². The van der Waals surface area contributed by atoms with Gasteiger partial charge in [0, 0.05) is 5.41 Å². The van der Waals surface area contributed by atoms with Crippen molar-refractivity contribution in [2.75, 3.05) is 6.61 Å². The second-order valence-electron chi connectivity index (χ2n) is 4.18. The van der Waals surface area contributed by atoms with Crippen molar-refractivity contribution in [2.24, 2.45) is 5.41 Å². The van der Waals surface area contributed by atoms with E-state index >= 15 is 0 Å². The highest BCUT2D eigenvalue weighted by atomic mass is 16.5. The number of nitrogens with one attached hydrogen (secondary N) is 1. The third-order valence-electron chi connectivity index (χ3n) is 2.49. The quantitative estimate of drug-likeness (QED) is 0.707. The minimum Gasteiger partial charge on any atom is -0.464 e. The number of carbonyl (C=O) groups is 2. The van der Waals surface area contributed by atoms with Gasteiger partial charge in [-0.2, -0.15) is 0 Å². The predicted octanol–water partition coefficient (Wildman–Crippen LogP) is 1.49. The summed E-state index contributed by atoms with van der Waals surface area (Å²) in [4.78, 5) is 23.0. The van der Waals surface area contributed by atoms with Crippen LogP contribution in [0.3, 0.4) is 0 Å². The van der Waals surface area contributed by atoms with Crippen molar-refractivity contribution in [3.63, 3.8) is 0 Å². The molecule has 0 aliphatic carbocycles. The average molecular weight is 215 g/mol. The molecule has 1 N–H and O–H groups in total. The molecule has 0 fully saturated rings. The Morgan fingerprint density at radius 3 is 2.27 bits per heavy atom. The molecule has 0 radical (unpaired) electrons. The molecule has 0 bridgehead atoms. The lowest BCUT2D eigenvalue weighted by molar-refractivity contribution is -0.148. The molecule has 1 atom stereocenters. The summed E-state index contributed by atoms with van der Waals surface area (Å²) >= 11 is 0. The van der Waals surface area contributed by atoms with E-state index in [0.717, 1.165) is 6.42 Å². The first-order valence-corrected chi connectivity index (χ1v) is 5.32. The van der Waals surface area contributed by atoms with Crippen LogP contribution in [-0.2, 0) is 14.3 Å². The van der Waals surface area contributed by atoms with Crippen LogP contribution in [0.4, 0.5) is 0 Å². The molecule has 0 rings (SSSR count). The zero-order valence-corrected chi connectivity index (χ0v) is 10.2. The van der Waals surface area contributed by atoms with Crippen molar-refractivity contribution < 1.29 is 14.3 Å². The molecule has 0 spiro atoms. The van der Waals surface area contributed by atoms with Crippen molar-refractivity contribution in [1.82, 2.24) is 5.32 Å². The summed E-state index contributed by atoms with van der Waals surface area (Å²) in [5.74, 6) is -0.511. The fourth-order valence-electron chi connectivity index (χ4n) is 0.879. The van der Waals surface area contributed by atoms with Gasteiger partial charge in [-0.25, -0.2) is 4.79 Å². The van der Waals surface area contributed by atoms with Gasteiger partial charge in [-0.15, -0.1) is 0 Å². The summed E-state index contributed by atoms with van der Waals surface area (Å²) in [7, 11) is 0. The summed E-state index contributed by atoms with van der Waals surface area (Å²) in [6.07, 6.45) is 0.731. The molecule has 0 aromatic carbocycles. The average Bonchev–Trinajstić information content (AvgIpc) is 2.17. The van der Waals surface area contributed by atoms with Crippen molar-refractivity contribution in [1.29, 1.82) is 0 Å². The summed E-state index contributed by atoms with van der Waals surface area (Å²) in [5.41, 5.74) is -0.444. The number of esters is 1. The monoisotopic (exact) mass is 215 g/mol. The lowest BCUT2D eigenvalue weighted by Crippen LogP contribution is -2.45. The van der Waals surface area contributed by atoms with E-state index in [2.05, 4.69) is 5.32 Å². The van der Waals surface area contributed by atoms with E-state index < -0.39 is 17.4 Å². The molecule has 0 aromatic rings. The number of carbonyl (C=O) groups excluding carboxylic acids is 2. The molecular formula is C11H21NO3. The third-order valence-corrected chi connectivity index (χ3v) is 2.49. The zero-order valence-electron chi connectivity index (χ0n) is 10.2. The molecule has 15 heavy (non-hydrogen) atoms. The van der Waals surface area contributed by atoms with Gasteiger partial charge in [0.25, 0.3) is 0 Å². The molecule has 88 valence electrons. The van der Waals surface area contributed by atoms with Gasteiger partial charge in [-0.05, 0) is 20.3 Å². The van der Waals surface area contributed by atoms with E-state index in [-0.39, 0.29) is 5.91 Å². The lowest BCUT2D eigenvalue weighted by atomic mass is 9.89. The molecule has 0 saturated carbocycles. The van der Waals surface area contributed by atoms with Crippen LogP contribution in [0, 0.1) is 5.41 Å². The van der Waals surface area contributed by atoms with Crippen LogP contribution in [0.1, 0.15) is 41.0 Å². The first kappa shape index (κ1) is 13.9. The smallest absolute Gasteiger partial charge is 0.328 e. The minimum atomic E-state index is -0.580. The second-order valence-corrected chi connectivity index (χ2v) is 4.18. The Kier molecular flexibility index (Phi) is 5.33.